The first-order valence-corrected chi connectivity index (χ1v) is 9.36. The molecule has 0 spiro atoms. The molecule has 0 bridgehead atoms. The van der Waals surface area contributed by atoms with Crippen LogP contribution in [0.5, 0.6) is 0 Å². The fraction of sp³-hybridized carbons (Fsp3) is 0.714. The summed E-state index contributed by atoms with van der Waals surface area (Å²) in [5, 5.41) is 9.19. The Morgan fingerprint density at radius 3 is 2.67 bits per heavy atom. The monoisotopic (exact) mass is 333 g/mol. The molecule has 0 saturated heterocycles. The summed E-state index contributed by atoms with van der Waals surface area (Å²) in [4.78, 5) is 0.690. The molecule has 0 aromatic carbocycles. The van der Waals surface area contributed by atoms with Crippen molar-refractivity contribution in [1.82, 2.24) is 4.72 Å². The first kappa shape index (κ1) is 16.9. The lowest BCUT2D eigenvalue weighted by atomic mass is 9.65. The molecule has 2 unspecified atom stereocenters. The maximum absolute atomic E-state index is 12.4. The first-order chi connectivity index (χ1) is 9.72. The van der Waals surface area contributed by atoms with Crippen LogP contribution >= 0.6 is 11.3 Å². The maximum atomic E-state index is 12.4. The SMILES string of the molecule is CCOC1CC(NS(=O)(=O)c2cc(C)c(CO)s2)C1(C)C. The molecule has 1 aliphatic rings. The van der Waals surface area contributed by atoms with Crippen LogP contribution in [0.25, 0.3) is 0 Å². The summed E-state index contributed by atoms with van der Waals surface area (Å²) in [5.74, 6) is 0. The predicted octanol–water partition coefficient (Wildman–Crippen LogP) is 2.03. The van der Waals surface area contributed by atoms with E-state index < -0.39 is 10.0 Å². The number of aliphatic hydroxyl groups is 1. The summed E-state index contributed by atoms with van der Waals surface area (Å²) in [7, 11) is -3.54. The van der Waals surface area contributed by atoms with Gasteiger partial charge in [0, 0.05) is 22.9 Å². The minimum Gasteiger partial charge on any atom is -0.391 e. The molecule has 21 heavy (non-hydrogen) atoms. The zero-order chi connectivity index (χ0) is 15.8. The Bertz CT molecular complexity index is 606. The average molecular weight is 333 g/mol. The van der Waals surface area contributed by atoms with Crippen molar-refractivity contribution in [3.63, 3.8) is 0 Å². The number of thiophene rings is 1. The van der Waals surface area contributed by atoms with Crippen molar-refractivity contribution in [2.45, 2.75) is 57.1 Å². The minimum atomic E-state index is -3.54. The van der Waals surface area contributed by atoms with Gasteiger partial charge in [0.05, 0.1) is 12.7 Å². The van der Waals surface area contributed by atoms with Crippen molar-refractivity contribution in [2.24, 2.45) is 5.41 Å². The predicted molar refractivity (Wildman–Crippen MR) is 82.9 cm³/mol. The van der Waals surface area contributed by atoms with Crippen LogP contribution in [0, 0.1) is 12.3 Å². The van der Waals surface area contributed by atoms with Gasteiger partial charge in [0.15, 0.2) is 0 Å². The summed E-state index contributed by atoms with van der Waals surface area (Å²) in [6, 6.07) is 1.49. The number of aliphatic hydroxyl groups excluding tert-OH is 1. The van der Waals surface area contributed by atoms with Crippen LogP contribution in [-0.2, 0) is 21.4 Å². The molecule has 1 saturated carbocycles. The summed E-state index contributed by atoms with van der Waals surface area (Å²) >= 11 is 1.12. The molecule has 0 radical (unpaired) electrons. The Hall–Kier alpha value is -0.470. The van der Waals surface area contributed by atoms with Crippen molar-refractivity contribution in [3.05, 3.63) is 16.5 Å². The number of nitrogens with one attached hydrogen (secondary N) is 1. The first-order valence-electron chi connectivity index (χ1n) is 7.06. The lowest BCUT2D eigenvalue weighted by molar-refractivity contribution is -0.108. The average Bonchev–Trinajstić information content (AvgIpc) is 2.79. The summed E-state index contributed by atoms with van der Waals surface area (Å²) in [5.41, 5.74) is 0.595. The summed E-state index contributed by atoms with van der Waals surface area (Å²) in [6.45, 7) is 8.29. The van der Waals surface area contributed by atoms with Crippen LogP contribution in [-0.4, -0.2) is 32.3 Å². The molecular formula is C14H23NO4S2. The lowest BCUT2D eigenvalue weighted by Gasteiger charge is -2.51. The van der Waals surface area contributed by atoms with Gasteiger partial charge in [-0.25, -0.2) is 13.1 Å². The van der Waals surface area contributed by atoms with Crippen LogP contribution in [0.2, 0.25) is 0 Å². The second-order valence-corrected chi connectivity index (χ2v) is 9.08. The van der Waals surface area contributed by atoms with Gasteiger partial charge in [0.1, 0.15) is 4.21 Å². The molecule has 7 heteroatoms. The molecule has 1 aromatic rings. The number of hydrogen-bond donors (Lipinski definition) is 2. The number of ether oxygens (including phenoxy) is 1. The molecule has 0 amide bonds. The van der Waals surface area contributed by atoms with Gasteiger partial charge < -0.3 is 9.84 Å². The topological polar surface area (TPSA) is 75.6 Å². The fourth-order valence-corrected chi connectivity index (χ4v) is 5.46. The number of sulfonamides is 1. The van der Waals surface area contributed by atoms with E-state index >= 15 is 0 Å². The van der Waals surface area contributed by atoms with Crippen molar-refractivity contribution in [2.75, 3.05) is 6.61 Å². The molecule has 5 nitrogen and oxygen atoms in total. The Morgan fingerprint density at radius 2 is 2.19 bits per heavy atom. The van der Waals surface area contributed by atoms with E-state index in [2.05, 4.69) is 4.72 Å². The highest BCUT2D eigenvalue weighted by molar-refractivity contribution is 7.91. The molecule has 2 N–H and O–H groups in total. The molecule has 0 aliphatic heterocycles. The van der Waals surface area contributed by atoms with Gasteiger partial charge in [-0.1, -0.05) is 13.8 Å². The van der Waals surface area contributed by atoms with Gasteiger partial charge in [0.25, 0.3) is 0 Å². The van der Waals surface area contributed by atoms with E-state index in [1.165, 1.54) is 0 Å². The van der Waals surface area contributed by atoms with Gasteiger partial charge in [0.2, 0.25) is 10.0 Å². The van der Waals surface area contributed by atoms with E-state index in [9.17, 15) is 13.5 Å². The fourth-order valence-electron chi connectivity index (χ4n) is 2.59. The maximum Gasteiger partial charge on any atom is 0.250 e. The molecule has 2 atom stereocenters. The van der Waals surface area contributed by atoms with E-state index in [-0.39, 0.29) is 28.4 Å². The van der Waals surface area contributed by atoms with Gasteiger partial charge in [-0.05, 0) is 31.9 Å². The summed E-state index contributed by atoms with van der Waals surface area (Å²) < 4.78 is 33.5. The molecule has 1 aromatic heterocycles. The molecule has 1 fully saturated rings. The minimum absolute atomic E-state index is 0.0910. The zero-order valence-electron chi connectivity index (χ0n) is 12.8. The molecule has 120 valence electrons. The highest BCUT2D eigenvalue weighted by Crippen LogP contribution is 2.43. The van der Waals surface area contributed by atoms with E-state index in [0.29, 0.717) is 17.9 Å². The Morgan fingerprint density at radius 1 is 1.52 bits per heavy atom. The smallest absolute Gasteiger partial charge is 0.250 e. The van der Waals surface area contributed by atoms with Crippen LogP contribution in [0.4, 0.5) is 0 Å². The Labute approximate surface area is 130 Å². The van der Waals surface area contributed by atoms with Gasteiger partial charge in [-0.15, -0.1) is 11.3 Å². The second-order valence-electron chi connectivity index (χ2n) is 6.00. The highest BCUT2D eigenvalue weighted by Gasteiger charge is 2.50. The van der Waals surface area contributed by atoms with Crippen molar-refractivity contribution >= 4 is 21.4 Å². The van der Waals surface area contributed by atoms with E-state index in [4.69, 9.17) is 4.74 Å². The quantitative estimate of drug-likeness (QED) is 0.835. The third-order valence-electron chi connectivity index (χ3n) is 4.25. The molecule has 1 aliphatic carbocycles. The third-order valence-corrected chi connectivity index (χ3v) is 7.42. The second kappa shape index (κ2) is 5.96. The third kappa shape index (κ3) is 3.17. The zero-order valence-corrected chi connectivity index (χ0v) is 14.5. The lowest BCUT2D eigenvalue weighted by Crippen LogP contribution is -2.61. The number of hydrogen-bond acceptors (Lipinski definition) is 5. The standard InChI is InChI=1S/C14H23NO4S2/c1-5-19-12-7-11(14(12,3)4)15-21(17,18)13-6-9(2)10(8-16)20-13/h6,11-12,15-16H,5,7-8H2,1-4H3. The van der Waals surface area contributed by atoms with Gasteiger partial charge in [-0.3, -0.25) is 0 Å². The van der Waals surface area contributed by atoms with E-state index in [1.807, 2.05) is 20.8 Å². The van der Waals surface area contributed by atoms with Crippen molar-refractivity contribution < 1.29 is 18.3 Å². The molecule has 2 rings (SSSR count). The largest absolute Gasteiger partial charge is 0.391 e. The number of aryl methyl sites for hydroxylation is 1. The van der Waals surface area contributed by atoms with Crippen LogP contribution < -0.4 is 4.72 Å². The molecule has 1 heterocycles. The van der Waals surface area contributed by atoms with Crippen LogP contribution in [0.1, 0.15) is 37.6 Å². The van der Waals surface area contributed by atoms with E-state index in [0.717, 1.165) is 16.9 Å². The van der Waals surface area contributed by atoms with E-state index in [1.54, 1.807) is 13.0 Å². The Balaban J connectivity index is 2.12. The molecular weight excluding hydrogens is 310 g/mol. The van der Waals surface area contributed by atoms with Gasteiger partial charge in [-0.2, -0.15) is 0 Å². The Kier molecular flexibility index (Phi) is 4.80. The highest BCUT2D eigenvalue weighted by atomic mass is 32.2. The summed E-state index contributed by atoms with van der Waals surface area (Å²) in [6.07, 6.45) is 0.783. The van der Waals surface area contributed by atoms with Crippen LogP contribution in [0.15, 0.2) is 10.3 Å². The van der Waals surface area contributed by atoms with Crippen LogP contribution in [0.3, 0.4) is 0 Å². The van der Waals surface area contributed by atoms with Crippen molar-refractivity contribution in [1.29, 1.82) is 0 Å². The normalized spacial score (nSPS) is 24.8. The number of rotatable bonds is 6. The van der Waals surface area contributed by atoms with Gasteiger partial charge >= 0.3 is 0 Å². The van der Waals surface area contributed by atoms with Crippen molar-refractivity contribution in [3.8, 4) is 0 Å².